The second-order valence-electron chi connectivity index (χ2n) is 6.01. The lowest BCUT2D eigenvalue weighted by molar-refractivity contribution is -0.0504. The van der Waals surface area contributed by atoms with Crippen LogP contribution in [-0.2, 0) is 16.6 Å². The Morgan fingerprint density at radius 1 is 1.21 bits per heavy atom. The van der Waals surface area contributed by atoms with Crippen LogP contribution in [0.4, 0.5) is 8.78 Å². The van der Waals surface area contributed by atoms with E-state index in [4.69, 9.17) is 0 Å². The fourth-order valence-corrected chi connectivity index (χ4v) is 4.00. The van der Waals surface area contributed by atoms with Crippen LogP contribution in [-0.4, -0.2) is 57.2 Å². The highest BCUT2D eigenvalue weighted by molar-refractivity contribution is 14.0. The van der Waals surface area contributed by atoms with Crippen LogP contribution in [0.25, 0.3) is 0 Å². The van der Waals surface area contributed by atoms with Crippen LogP contribution in [0.3, 0.4) is 0 Å². The topological polar surface area (TPSA) is 83.0 Å². The van der Waals surface area contributed by atoms with Gasteiger partial charge in [0.25, 0.3) is 0 Å². The number of aryl methyl sites for hydroxylation is 1. The number of nitrogens with zero attached hydrogens (tertiary/aromatic N) is 2. The first kappa shape index (κ1) is 27.8. The minimum absolute atomic E-state index is 0. The van der Waals surface area contributed by atoms with Crippen molar-refractivity contribution in [1.29, 1.82) is 0 Å². The van der Waals surface area contributed by atoms with Gasteiger partial charge in [-0.3, -0.25) is 0 Å². The van der Waals surface area contributed by atoms with Crippen LogP contribution >= 0.6 is 24.0 Å². The van der Waals surface area contributed by atoms with Gasteiger partial charge in [0.2, 0.25) is 10.0 Å². The third-order valence-electron chi connectivity index (χ3n) is 3.94. The molecule has 0 saturated carbocycles. The van der Waals surface area contributed by atoms with Crippen LogP contribution in [0.5, 0.6) is 5.75 Å². The van der Waals surface area contributed by atoms with E-state index in [2.05, 4.69) is 20.4 Å². The smallest absolute Gasteiger partial charge is 0.387 e. The Hall–Kier alpha value is -1.21. The molecule has 0 heterocycles. The van der Waals surface area contributed by atoms with E-state index >= 15 is 0 Å². The van der Waals surface area contributed by atoms with E-state index in [-0.39, 0.29) is 48.6 Å². The molecule has 29 heavy (non-hydrogen) atoms. The van der Waals surface area contributed by atoms with Crippen molar-refractivity contribution >= 4 is 40.0 Å². The first-order valence-corrected chi connectivity index (χ1v) is 10.9. The zero-order valence-electron chi connectivity index (χ0n) is 17.2. The van der Waals surface area contributed by atoms with Crippen LogP contribution in [0.1, 0.15) is 31.9 Å². The van der Waals surface area contributed by atoms with Gasteiger partial charge in [-0.1, -0.05) is 31.5 Å². The number of rotatable bonds is 11. The lowest BCUT2D eigenvalue weighted by atomic mass is 10.1. The molecule has 0 aliphatic carbocycles. The summed E-state index contributed by atoms with van der Waals surface area (Å²) in [7, 11) is -3.34. The molecule has 0 amide bonds. The second-order valence-corrected chi connectivity index (χ2v) is 8.10. The molecule has 11 heteroatoms. The first-order chi connectivity index (χ1) is 13.2. The Bertz CT molecular complexity index is 745. The average molecular weight is 548 g/mol. The minimum atomic E-state index is -3.34. The predicted molar refractivity (Wildman–Crippen MR) is 123 cm³/mol. The lowest BCUT2D eigenvalue weighted by Crippen LogP contribution is -2.42. The molecular formula is C18H31F2IN4O3S. The van der Waals surface area contributed by atoms with Gasteiger partial charge in [0.15, 0.2) is 5.96 Å². The van der Waals surface area contributed by atoms with Crippen molar-refractivity contribution in [2.45, 2.75) is 40.9 Å². The maximum absolute atomic E-state index is 12.6. The number of nitrogens with one attached hydrogen (secondary N) is 2. The summed E-state index contributed by atoms with van der Waals surface area (Å²) in [6, 6.07) is 4.91. The number of aliphatic imine (C=N–C) groups is 1. The maximum atomic E-state index is 12.6. The molecule has 0 aliphatic rings. The normalized spacial score (nSPS) is 12.1. The molecule has 0 bridgehead atoms. The van der Waals surface area contributed by atoms with E-state index in [0.29, 0.717) is 31.2 Å². The van der Waals surface area contributed by atoms with E-state index in [0.717, 1.165) is 5.56 Å². The number of ether oxygens (including phenoxy) is 1. The molecule has 1 aromatic rings. The molecular weight excluding hydrogens is 517 g/mol. The molecule has 1 aromatic carbocycles. The molecule has 1 rings (SSSR count). The van der Waals surface area contributed by atoms with Gasteiger partial charge in [-0.25, -0.2) is 17.7 Å². The number of benzene rings is 1. The Balaban J connectivity index is 0.00000784. The highest BCUT2D eigenvalue weighted by Crippen LogP contribution is 2.22. The first-order valence-electron chi connectivity index (χ1n) is 9.27. The van der Waals surface area contributed by atoms with Gasteiger partial charge in [-0.05, 0) is 19.9 Å². The van der Waals surface area contributed by atoms with Gasteiger partial charge in [0.1, 0.15) is 5.75 Å². The number of alkyl halides is 2. The highest BCUT2D eigenvalue weighted by Gasteiger charge is 2.18. The molecule has 0 aliphatic heterocycles. The summed E-state index contributed by atoms with van der Waals surface area (Å²) in [6.45, 7) is 6.11. The zero-order chi connectivity index (χ0) is 21.2. The third-order valence-corrected chi connectivity index (χ3v) is 5.96. The maximum Gasteiger partial charge on any atom is 0.387 e. The Morgan fingerprint density at radius 2 is 1.86 bits per heavy atom. The summed E-state index contributed by atoms with van der Waals surface area (Å²) in [4.78, 5) is 4.36. The summed E-state index contributed by atoms with van der Waals surface area (Å²) in [5.74, 6) is 0.412. The highest BCUT2D eigenvalue weighted by atomic mass is 127. The molecule has 0 atom stereocenters. The van der Waals surface area contributed by atoms with Crippen molar-refractivity contribution in [2.24, 2.45) is 4.99 Å². The van der Waals surface area contributed by atoms with E-state index < -0.39 is 16.6 Å². The number of sulfonamides is 1. The summed E-state index contributed by atoms with van der Waals surface area (Å²) in [5.41, 5.74) is 1.42. The zero-order valence-corrected chi connectivity index (χ0v) is 20.4. The summed E-state index contributed by atoms with van der Waals surface area (Å²) in [5, 5.41) is 5.98. The van der Waals surface area contributed by atoms with Crippen molar-refractivity contribution in [2.75, 3.05) is 31.9 Å². The van der Waals surface area contributed by atoms with Crippen molar-refractivity contribution in [3.8, 4) is 5.75 Å². The van der Waals surface area contributed by atoms with Gasteiger partial charge in [-0.2, -0.15) is 8.78 Å². The predicted octanol–water partition coefficient (Wildman–Crippen LogP) is 2.94. The van der Waals surface area contributed by atoms with Gasteiger partial charge in [0.05, 0.1) is 12.3 Å². The molecule has 7 nitrogen and oxygen atoms in total. The number of hydrogen-bond acceptors (Lipinski definition) is 4. The molecule has 0 unspecified atom stereocenters. The van der Waals surface area contributed by atoms with Crippen LogP contribution in [0.2, 0.25) is 0 Å². The Labute approximate surface area is 189 Å². The van der Waals surface area contributed by atoms with E-state index in [1.54, 1.807) is 26.0 Å². The van der Waals surface area contributed by atoms with Crippen LogP contribution in [0.15, 0.2) is 23.2 Å². The summed E-state index contributed by atoms with van der Waals surface area (Å²) < 4.78 is 55.6. The lowest BCUT2D eigenvalue weighted by Gasteiger charge is -2.19. The molecule has 0 saturated heterocycles. The standard InChI is InChI=1S/C18H30F2N4O3S.HI/c1-5-21-18(22-10-11-28(25,26)24(6-2)7-3)23-13-15-12-14(4)8-9-16(15)27-17(19)20;/h8-9,12,17H,5-7,10-11,13H2,1-4H3,(H2,21,22,23);1H. The minimum Gasteiger partial charge on any atom is -0.434 e. The van der Waals surface area contributed by atoms with E-state index in [9.17, 15) is 17.2 Å². The average Bonchev–Trinajstić information content (AvgIpc) is 2.62. The third kappa shape index (κ3) is 9.90. The molecule has 0 fully saturated rings. The van der Waals surface area contributed by atoms with Crippen molar-refractivity contribution in [3.05, 3.63) is 29.3 Å². The van der Waals surface area contributed by atoms with Gasteiger partial charge < -0.3 is 15.4 Å². The Kier molecular flexibility index (Phi) is 13.3. The molecule has 0 spiro atoms. The van der Waals surface area contributed by atoms with Gasteiger partial charge in [-0.15, -0.1) is 24.0 Å². The van der Waals surface area contributed by atoms with Gasteiger partial charge >= 0.3 is 6.61 Å². The van der Waals surface area contributed by atoms with Crippen LogP contribution < -0.4 is 15.4 Å². The fourth-order valence-electron chi connectivity index (χ4n) is 2.59. The van der Waals surface area contributed by atoms with Crippen molar-refractivity contribution in [3.63, 3.8) is 0 Å². The molecule has 168 valence electrons. The molecule has 2 N–H and O–H groups in total. The largest absolute Gasteiger partial charge is 0.434 e. The Morgan fingerprint density at radius 3 is 2.41 bits per heavy atom. The fraction of sp³-hybridized carbons (Fsp3) is 0.611. The van der Waals surface area contributed by atoms with Crippen LogP contribution in [0, 0.1) is 6.92 Å². The molecule has 0 aromatic heterocycles. The monoisotopic (exact) mass is 548 g/mol. The summed E-state index contributed by atoms with van der Waals surface area (Å²) >= 11 is 0. The quantitative estimate of drug-likeness (QED) is 0.253. The van der Waals surface area contributed by atoms with Crippen molar-refractivity contribution < 1.29 is 21.9 Å². The van der Waals surface area contributed by atoms with E-state index in [1.165, 1.54) is 10.4 Å². The van der Waals surface area contributed by atoms with Crippen molar-refractivity contribution in [1.82, 2.24) is 14.9 Å². The molecule has 0 radical (unpaired) electrons. The number of hydrogen-bond donors (Lipinski definition) is 2. The number of halogens is 3. The second kappa shape index (κ2) is 13.9. The summed E-state index contributed by atoms with van der Waals surface area (Å²) in [6.07, 6.45) is 0. The number of guanidine groups is 1. The van der Waals surface area contributed by atoms with Gasteiger partial charge in [0, 0.05) is 31.7 Å². The van der Waals surface area contributed by atoms with E-state index in [1.807, 2.05) is 13.8 Å². The SMILES string of the molecule is CCNC(=NCc1cc(C)ccc1OC(F)F)NCCS(=O)(=O)N(CC)CC.I.